The number of halogens is 1. The molecule has 0 spiro atoms. The summed E-state index contributed by atoms with van der Waals surface area (Å²) in [6.07, 6.45) is 0. The lowest BCUT2D eigenvalue weighted by molar-refractivity contribution is 0.181. The van der Waals surface area contributed by atoms with Gasteiger partial charge in [-0.2, -0.15) is 4.31 Å². The second-order valence-electron chi connectivity index (χ2n) is 6.60. The topological polar surface area (TPSA) is 62.7 Å². The van der Waals surface area contributed by atoms with Crippen molar-refractivity contribution < 1.29 is 13.2 Å². The van der Waals surface area contributed by atoms with E-state index >= 15 is 0 Å². The van der Waals surface area contributed by atoms with E-state index in [1.165, 1.54) is 4.31 Å². The van der Waals surface area contributed by atoms with Crippen molar-refractivity contribution in [3.63, 3.8) is 0 Å². The molecule has 0 unspecified atom stereocenters. The molecule has 1 fully saturated rings. The second-order valence-corrected chi connectivity index (χ2v) is 11.4. The monoisotopic (exact) mass is 469 g/mol. The predicted molar refractivity (Wildman–Crippen MR) is 117 cm³/mol. The first-order valence-corrected chi connectivity index (χ1v) is 12.5. The summed E-state index contributed by atoms with van der Waals surface area (Å²) in [6, 6.07) is 11.0. The van der Waals surface area contributed by atoms with Gasteiger partial charge in [0.1, 0.15) is 15.0 Å². The van der Waals surface area contributed by atoms with Crippen LogP contribution in [0.5, 0.6) is 5.75 Å². The van der Waals surface area contributed by atoms with Gasteiger partial charge in [0, 0.05) is 37.1 Å². The van der Waals surface area contributed by atoms with E-state index in [0.717, 1.165) is 33.4 Å². The molecule has 0 aliphatic carbocycles. The standard InChI is InChI=1S/C19H20ClN3O3S3/c1-26-15-4-2-3-14(11-15)16-13-27-18(21-16)12-22-7-9-23(10-8-22)29(24,25)19-6-5-17(20)28-19/h2-6,11,13H,7-10,12H2,1H3. The molecule has 1 aliphatic rings. The number of hydrogen-bond donors (Lipinski definition) is 0. The van der Waals surface area contributed by atoms with Gasteiger partial charge in [-0.1, -0.05) is 23.7 Å². The molecule has 0 amide bonds. The Labute approximate surface area is 183 Å². The maximum absolute atomic E-state index is 12.7. The van der Waals surface area contributed by atoms with Crippen molar-refractivity contribution in [3.8, 4) is 17.0 Å². The molecule has 29 heavy (non-hydrogen) atoms. The number of benzene rings is 1. The number of aromatic nitrogens is 1. The summed E-state index contributed by atoms with van der Waals surface area (Å²) in [7, 11) is -1.81. The van der Waals surface area contributed by atoms with Gasteiger partial charge in [-0.15, -0.1) is 22.7 Å². The molecule has 3 aromatic rings. The molecule has 154 valence electrons. The quantitative estimate of drug-likeness (QED) is 0.545. The van der Waals surface area contributed by atoms with E-state index < -0.39 is 10.0 Å². The number of ether oxygens (including phenoxy) is 1. The third-order valence-electron chi connectivity index (χ3n) is 4.75. The zero-order valence-electron chi connectivity index (χ0n) is 15.7. The van der Waals surface area contributed by atoms with Gasteiger partial charge in [-0.25, -0.2) is 13.4 Å². The van der Waals surface area contributed by atoms with E-state index in [-0.39, 0.29) is 0 Å². The number of methoxy groups -OCH3 is 1. The minimum absolute atomic E-state index is 0.304. The molecule has 0 N–H and O–H groups in total. The second kappa shape index (κ2) is 8.71. The molecular weight excluding hydrogens is 450 g/mol. The van der Waals surface area contributed by atoms with Crippen LogP contribution in [-0.2, 0) is 16.6 Å². The number of nitrogens with zero attached hydrogens (tertiary/aromatic N) is 3. The number of thiazole rings is 1. The third kappa shape index (κ3) is 4.65. The van der Waals surface area contributed by atoms with Crippen LogP contribution in [0.3, 0.4) is 0 Å². The molecule has 6 nitrogen and oxygen atoms in total. The predicted octanol–water partition coefficient (Wildman–Crippen LogP) is 4.04. The SMILES string of the molecule is COc1cccc(-c2csc(CN3CCN(S(=O)(=O)c4ccc(Cl)s4)CC3)n2)c1. The maximum atomic E-state index is 12.7. The fourth-order valence-corrected chi connectivity index (χ4v) is 7.09. The van der Waals surface area contributed by atoms with Crippen molar-refractivity contribution in [3.05, 3.63) is 51.1 Å². The Morgan fingerprint density at radius 1 is 1.17 bits per heavy atom. The largest absolute Gasteiger partial charge is 0.497 e. The van der Waals surface area contributed by atoms with Crippen LogP contribution in [-0.4, -0.2) is 55.9 Å². The molecule has 3 heterocycles. The highest BCUT2D eigenvalue weighted by molar-refractivity contribution is 7.91. The number of hydrogen-bond acceptors (Lipinski definition) is 7. The molecule has 1 saturated heterocycles. The fourth-order valence-electron chi connectivity index (χ4n) is 3.18. The van der Waals surface area contributed by atoms with Crippen LogP contribution in [0, 0.1) is 0 Å². The maximum Gasteiger partial charge on any atom is 0.252 e. The van der Waals surface area contributed by atoms with Gasteiger partial charge < -0.3 is 4.74 Å². The Morgan fingerprint density at radius 2 is 1.97 bits per heavy atom. The lowest BCUT2D eigenvalue weighted by Gasteiger charge is -2.33. The molecule has 0 bridgehead atoms. The van der Waals surface area contributed by atoms with Crippen molar-refractivity contribution in [1.82, 2.24) is 14.2 Å². The van der Waals surface area contributed by atoms with E-state index in [1.54, 1.807) is 30.6 Å². The Morgan fingerprint density at radius 3 is 2.66 bits per heavy atom. The number of thiophene rings is 1. The molecule has 1 aliphatic heterocycles. The van der Waals surface area contributed by atoms with Crippen molar-refractivity contribution in [1.29, 1.82) is 0 Å². The molecule has 0 radical (unpaired) electrons. The van der Waals surface area contributed by atoms with E-state index in [4.69, 9.17) is 21.3 Å². The summed E-state index contributed by atoms with van der Waals surface area (Å²) in [4.78, 5) is 6.98. The van der Waals surface area contributed by atoms with Crippen LogP contribution in [0.2, 0.25) is 4.34 Å². The number of rotatable bonds is 6. The first kappa shape index (κ1) is 20.8. The Balaban J connectivity index is 1.37. The highest BCUT2D eigenvalue weighted by atomic mass is 35.5. The molecule has 2 aromatic heterocycles. The smallest absolute Gasteiger partial charge is 0.252 e. The van der Waals surface area contributed by atoms with Gasteiger partial charge in [-0.3, -0.25) is 4.90 Å². The van der Waals surface area contributed by atoms with E-state index in [9.17, 15) is 8.42 Å². The zero-order valence-corrected chi connectivity index (χ0v) is 19.0. The van der Waals surface area contributed by atoms with E-state index in [0.29, 0.717) is 41.3 Å². The van der Waals surface area contributed by atoms with E-state index in [1.807, 2.05) is 29.6 Å². The van der Waals surface area contributed by atoms with Crippen LogP contribution in [0.1, 0.15) is 5.01 Å². The van der Waals surface area contributed by atoms with Gasteiger partial charge in [0.2, 0.25) is 0 Å². The van der Waals surface area contributed by atoms with Crippen molar-refractivity contribution in [2.75, 3.05) is 33.3 Å². The Hall–Kier alpha value is -1.49. The summed E-state index contributed by atoms with van der Waals surface area (Å²) in [5, 5.41) is 3.06. The van der Waals surface area contributed by atoms with Crippen LogP contribution in [0.4, 0.5) is 0 Å². The zero-order chi connectivity index (χ0) is 20.4. The van der Waals surface area contributed by atoms with Gasteiger partial charge in [0.05, 0.1) is 23.7 Å². The summed E-state index contributed by atoms with van der Waals surface area (Å²) < 4.78 is 33.0. The number of sulfonamides is 1. The summed E-state index contributed by atoms with van der Waals surface area (Å²) in [5.41, 5.74) is 1.96. The average Bonchev–Trinajstić information content (AvgIpc) is 3.38. The minimum atomic E-state index is -3.46. The van der Waals surface area contributed by atoms with Crippen molar-refractivity contribution in [2.24, 2.45) is 0 Å². The summed E-state index contributed by atoms with van der Waals surface area (Å²) >= 11 is 8.62. The third-order valence-corrected chi connectivity index (χ3v) is 9.18. The number of piperazine rings is 1. The van der Waals surface area contributed by atoms with Gasteiger partial charge in [0.25, 0.3) is 10.0 Å². The van der Waals surface area contributed by atoms with Gasteiger partial charge in [0.15, 0.2) is 0 Å². The molecule has 10 heteroatoms. The van der Waals surface area contributed by atoms with Crippen molar-refractivity contribution >= 4 is 44.3 Å². The van der Waals surface area contributed by atoms with Gasteiger partial charge in [-0.05, 0) is 24.3 Å². The van der Waals surface area contributed by atoms with E-state index in [2.05, 4.69) is 4.90 Å². The van der Waals surface area contributed by atoms with Crippen LogP contribution in [0.25, 0.3) is 11.3 Å². The Bertz CT molecular complexity index is 1090. The van der Waals surface area contributed by atoms with Crippen LogP contribution >= 0.6 is 34.3 Å². The minimum Gasteiger partial charge on any atom is -0.497 e. The normalized spacial score (nSPS) is 16.2. The molecule has 4 rings (SSSR count). The highest BCUT2D eigenvalue weighted by Crippen LogP contribution is 2.29. The Kier molecular flexibility index (Phi) is 6.24. The lowest BCUT2D eigenvalue weighted by Crippen LogP contribution is -2.48. The first-order chi connectivity index (χ1) is 14.0. The fraction of sp³-hybridized carbons (Fsp3) is 0.316. The van der Waals surface area contributed by atoms with Gasteiger partial charge >= 0.3 is 0 Å². The molecule has 0 saturated carbocycles. The van der Waals surface area contributed by atoms with Crippen LogP contribution < -0.4 is 4.74 Å². The summed E-state index contributed by atoms with van der Waals surface area (Å²) in [5.74, 6) is 0.807. The lowest BCUT2D eigenvalue weighted by atomic mass is 10.2. The summed E-state index contributed by atoms with van der Waals surface area (Å²) in [6.45, 7) is 2.99. The molecular formula is C19H20ClN3O3S3. The average molecular weight is 470 g/mol. The first-order valence-electron chi connectivity index (χ1n) is 9.02. The highest BCUT2D eigenvalue weighted by Gasteiger charge is 2.29. The molecule has 1 aromatic carbocycles. The van der Waals surface area contributed by atoms with Crippen molar-refractivity contribution in [2.45, 2.75) is 10.8 Å². The van der Waals surface area contributed by atoms with Crippen LogP contribution in [0.15, 0.2) is 46.0 Å². The molecule has 0 atom stereocenters.